The van der Waals surface area contributed by atoms with Gasteiger partial charge in [0.05, 0.1) is 6.10 Å². The lowest BCUT2D eigenvalue weighted by Crippen LogP contribution is -2.42. The van der Waals surface area contributed by atoms with E-state index in [4.69, 9.17) is 0 Å². The second-order valence-electron chi connectivity index (χ2n) is 5.85. The number of aryl methyl sites for hydroxylation is 1. The van der Waals surface area contributed by atoms with Crippen LogP contribution in [-0.4, -0.2) is 39.1 Å². The van der Waals surface area contributed by atoms with Crippen LogP contribution in [0.4, 0.5) is 0 Å². The number of rotatable bonds is 4. The van der Waals surface area contributed by atoms with Gasteiger partial charge < -0.3 is 10.0 Å². The maximum Gasteiger partial charge on any atom is 0.223 e. The summed E-state index contributed by atoms with van der Waals surface area (Å²) in [4.78, 5) is 18.3. The minimum atomic E-state index is -0.380. The summed E-state index contributed by atoms with van der Waals surface area (Å²) >= 11 is 0. The zero-order valence-electron chi connectivity index (χ0n) is 11.7. The predicted molar refractivity (Wildman–Crippen MR) is 73.6 cm³/mol. The van der Waals surface area contributed by atoms with Crippen LogP contribution in [0.25, 0.3) is 0 Å². The predicted octanol–water partition coefficient (Wildman–Crippen LogP) is 1.78. The van der Waals surface area contributed by atoms with Crippen LogP contribution < -0.4 is 0 Å². The van der Waals surface area contributed by atoms with Crippen molar-refractivity contribution >= 4 is 5.91 Å². The Morgan fingerprint density at radius 2 is 2.32 bits per heavy atom. The number of aliphatic hydroxyl groups is 1. The maximum absolute atomic E-state index is 12.2. The van der Waals surface area contributed by atoms with Gasteiger partial charge in [-0.25, -0.2) is 0 Å². The molecule has 19 heavy (non-hydrogen) atoms. The summed E-state index contributed by atoms with van der Waals surface area (Å²) in [6.07, 6.45) is 4.21. The monoisotopic (exact) mass is 262 g/mol. The second kappa shape index (κ2) is 5.70. The summed E-state index contributed by atoms with van der Waals surface area (Å²) in [6.45, 7) is 4.50. The fourth-order valence-corrected chi connectivity index (χ4v) is 2.75. The number of aliphatic hydroxyl groups excluding tert-OH is 1. The average Bonchev–Trinajstić information content (AvgIpc) is 2.64. The second-order valence-corrected chi connectivity index (χ2v) is 5.85. The quantitative estimate of drug-likeness (QED) is 0.900. The molecule has 2 rings (SSSR count). The van der Waals surface area contributed by atoms with E-state index in [1.807, 2.05) is 36.9 Å². The molecule has 0 aromatic carbocycles. The lowest BCUT2D eigenvalue weighted by molar-refractivity contribution is -0.134. The van der Waals surface area contributed by atoms with E-state index in [9.17, 15) is 9.90 Å². The lowest BCUT2D eigenvalue weighted by Gasteiger charge is -2.31. The summed E-state index contributed by atoms with van der Waals surface area (Å²) in [6, 6.07) is 5.83. The molecule has 4 heteroatoms. The Balaban J connectivity index is 1.82. The van der Waals surface area contributed by atoms with Crippen molar-refractivity contribution in [1.29, 1.82) is 0 Å². The van der Waals surface area contributed by atoms with Gasteiger partial charge in [-0.1, -0.05) is 6.07 Å². The highest BCUT2D eigenvalue weighted by Crippen LogP contribution is 2.29. The first-order chi connectivity index (χ1) is 8.99. The fraction of sp³-hybridized carbons (Fsp3) is 0.600. The molecule has 1 aliphatic heterocycles. The fourth-order valence-electron chi connectivity index (χ4n) is 2.75. The number of amides is 1. The number of aromatic nitrogens is 1. The normalized spacial score (nSPS) is 21.6. The highest BCUT2D eigenvalue weighted by atomic mass is 16.3. The van der Waals surface area contributed by atoms with E-state index in [-0.39, 0.29) is 17.6 Å². The Morgan fingerprint density at radius 3 is 2.89 bits per heavy atom. The molecule has 0 radical (unpaired) electrons. The van der Waals surface area contributed by atoms with Crippen LogP contribution in [0.1, 0.15) is 38.8 Å². The Kier molecular flexibility index (Phi) is 4.20. The van der Waals surface area contributed by atoms with E-state index in [1.54, 1.807) is 6.20 Å². The Labute approximate surface area is 114 Å². The first kappa shape index (κ1) is 14.0. The molecule has 1 N–H and O–H groups in total. The molecule has 0 saturated carbocycles. The smallest absolute Gasteiger partial charge is 0.223 e. The Morgan fingerprint density at radius 1 is 1.53 bits per heavy atom. The van der Waals surface area contributed by atoms with Gasteiger partial charge in [-0.2, -0.15) is 0 Å². The third-order valence-electron chi connectivity index (χ3n) is 3.71. The topological polar surface area (TPSA) is 53.4 Å². The zero-order chi connectivity index (χ0) is 13.9. The Hall–Kier alpha value is -1.42. The summed E-state index contributed by atoms with van der Waals surface area (Å²) in [5.41, 5.74) is 0.803. The van der Waals surface area contributed by atoms with E-state index in [1.165, 1.54) is 0 Å². The molecular weight excluding hydrogens is 240 g/mol. The van der Waals surface area contributed by atoms with Crippen LogP contribution in [0.2, 0.25) is 0 Å². The molecule has 0 aliphatic carbocycles. The number of carbonyl (C=O) groups is 1. The van der Waals surface area contributed by atoms with Crippen LogP contribution in [0.15, 0.2) is 24.4 Å². The van der Waals surface area contributed by atoms with Crippen molar-refractivity contribution in [2.24, 2.45) is 0 Å². The number of likely N-dealkylation sites (tertiary alicyclic amines) is 1. The van der Waals surface area contributed by atoms with E-state index in [2.05, 4.69) is 4.98 Å². The third kappa shape index (κ3) is 3.53. The van der Waals surface area contributed by atoms with Crippen LogP contribution >= 0.6 is 0 Å². The van der Waals surface area contributed by atoms with Crippen molar-refractivity contribution in [3.05, 3.63) is 30.1 Å². The molecule has 0 spiro atoms. The molecule has 1 amide bonds. The van der Waals surface area contributed by atoms with Crippen LogP contribution in [-0.2, 0) is 11.2 Å². The van der Waals surface area contributed by atoms with E-state index < -0.39 is 0 Å². The summed E-state index contributed by atoms with van der Waals surface area (Å²) in [7, 11) is 0. The van der Waals surface area contributed by atoms with Crippen molar-refractivity contribution in [1.82, 2.24) is 9.88 Å². The number of carbonyl (C=O) groups excluding carboxylic acids is 1. The van der Waals surface area contributed by atoms with Crippen molar-refractivity contribution in [3.63, 3.8) is 0 Å². The van der Waals surface area contributed by atoms with E-state index in [0.29, 0.717) is 19.4 Å². The molecule has 4 nitrogen and oxygen atoms in total. The number of β-amino-alcohol motifs (C(OH)–C–C–N with tert-alkyl or cyclic N) is 1. The van der Waals surface area contributed by atoms with E-state index in [0.717, 1.165) is 18.5 Å². The van der Waals surface area contributed by atoms with Crippen molar-refractivity contribution in [2.75, 3.05) is 6.54 Å². The van der Waals surface area contributed by atoms with Gasteiger partial charge in [0.1, 0.15) is 0 Å². The van der Waals surface area contributed by atoms with Gasteiger partial charge in [-0.15, -0.1) is 0 Å². The van der Waals surface area contributed by atoms with E-state index >= 15 is 0 Å². The largest absolute Gasteiger partial charge is 0.391 e. The third-order valence-corrected chi connectivity index (χ3v) is 3.71. The lowest BCUT2D eigenvalue weighted by atomic mass is 10.0. The molecular formula is C15H22N2O2. The first-order valence-corrected chi connectivity index (χ1v) is 6.87. The van der Waals surface area contributed by atoms with Gasteiger partial charge in [0.15, 0.2) is 0 Å². The number of nitrogens with zero attached hydrogens (tertiary/aromatic N) is 2. The number of pyridine rings is 1. The van der Waals surface area contributed by atoms with Crippen molar-refractivity contribution in [2.45, 2.75) is 51.2 Å². The van der Waals surface area contributed by atoms with Gasteiger partial charge in [-0.3, -0.25) is 9.78 Å². The summed E-state index contributed by atoms with van der Waals surface area (Å²) in [5.74, 6) is 0.137. The number of hydrogen-bond acceptors (Lipinski definition) is 3. The standard InChI is InChI=1S/C15H22N2O2/c1-15(2)10-13(18)11-17(15)14(19)8-5-7-12-6-3-4-9-16-12/h3-4,6,9,13,18H,5,7-8,10-11H2,1-2H3. The highest BCUT2D eigenvalue weighted by molar-refractivity contribution is 5.77. The Bertz CT molecular complexity index is 431. The SMILES string of the molecule is CC1(C)CC(O)CN1C(=O)CCCc1ccccn1. The number of hydrogen-bond donors (Lipinski definition) is 1. The van der Waals surface area contributed by atoms with Gasteiger partial charge in [0.25, 0.3) is 0 Å². The van der Waals surface area contributed by atoms with Crippen LogP contribution in [0.3, 0.4) is 0 Å². The molecule has 1 unspecified atom stereocenters. The molecule has 1 aromatic rings. The molecule has 1 saturated heterocycles. The molecule has 104 valence electrons. The minimum Gasteiger partial charge on any atom is -0.391 e. The van der Waals surface area contributed by atoms with Crippen LogP contribution in [0.5, 0.6) is 0 Å². The molecule has 1 aliphatic rings. The zero-order valence-corrected chi connectivity index (χ0v) is 11.7. The highest BCUT2D eigenvalue weighted by Gasteiger charge is 2.39. The van der Waals surface area contributed by atoms with Gasteiger partial charge in [0, 0.05) is 30.4 Å². The molecule has 1 atom stereocenters. The van der Waals surface area contributed by atoms with Crippen molar-refractivity contribution in [3.8, 4) is 0 Å². The van der Waals surface area contributed by atoms with Crippen molar-refractivity contribution < 1.29 is 9.90 Å². The first-order valence-electron chi connectivity index (χ1n) is 6.87. The molecule has 0 bridgehead atoms. The van der Waals surface area contributed by atoms with Gasteiger partial charge >= 0.3 is 0 Å². The molecule has 2 heterocycles. The minimum absolute atomic E-state index is 0.137. The maximum atomic E-state index is 12.2. The van der Waals surface area contributed by atoms with Gasteiger partial charge in [0.2, 0.25) is 5.91 Å². The summed E-state index contributed by atoms with van der Waals surface area (Å²) < 4.78 is 0. The molecule has 1 aromatic heterocycles. The van der Waals surface area contributed by atoms with Crippen LogP contribution in [0, 0.1) is 0 Å². The average molecular weight is 262 g/mol. The van der Waals surface area contributed by atoms with Gasteiger partial charge in [-0.05, 0) is 45.2 Å². The molecule has 1 fully saturated rings. The summed E-state index contributed by atoms with van der Waals surface area (Å²) in [5, 5.41) is 9.68.